The molecule has 0 saturated heterocycles. The monoisotopic (exact) mass is 353 g/mol. The fourth-order valence-corrected chi connectivity index (χ4v) is 3.80. The minimum Gasteiger partial charge on any atom is -0.388 e. The standard InChI is InChI=1S/C16H17BrClNO/c1-16(2)8-14-11(15(20)9-16)5-6-19(14)13-4-3-10(17)7-12(13)18/h3-7,15,20H,8-9H2,1-2H3. The average Bonchev–Trinajstić information content (AvgIpc) is 2.71. The molecule has 0 amide bonds. The molecule has 1 aliphatic carbocycles. The van der Waals surface area contributed by atoms with Gasteiger partial charge in [0.2, 0.25) is 0 Å². The van der Waals surface area contributed by atoms with Crippen LogP contribution in [0.25, 0.3) is 5.69 Å². The molecule has 0 saturated carbocycles. The molecule has 1 atom stereocenters. The first-order chi connectivity index (χ1) is 9.37. The van der Waals surface area contributed by atoms with E-state index in [0.717, 1.165) is 34.3 Å². The number of hydrogen-bond acceptors (Lipinski definition) is 1. The number of nitrogens with zero attached hydrogens (tertiary/aromatic N) is 1. The van der Waals surface area contributed by atoms with Crippen LogP contribution in [0, 0.1) is 5.41 Å². The van der Waals surface area contributed by atoms with Crippen molar-refractivity contribution < 1.29 is 5.11 Å². The molecular weight excluding hydrogens is 338 g/mol. The van der Waals surface area contributed by atoms with Crippen LogP contribution in [0.3, 0.4) is 0 Å². The Labute approximate surface area is 132 Å². The predicted octanol–water partition coefficient (Wildman–Crippen LogP) is 4.90. The van der Waals surface area contributed by atoms with Crippen molar-refractivity contribution in [1.29, 1.82) is 0 Å². The summed E-state index contributed by atoms with van der Waals surface area (Å²) in [5, 5.41) is 11.0. The summed E-state index contributed by atoms with van der Waals surface area (Å²) in [5.41, 5.74) is 3.26. The third kappa shape index (κ3) is 2.43. The molecule has 1 aromatic carbocycles. The van der Waals surface area contributed by atoms with Crippen LogP contribution in [0.1, 0.15) is 37.6 Å². The number of aliphatic hydroxyl groups excluding tert-OH is 1. The number of fused-ring (bicyclic) bond motifs is 1. The first-order valence-electron chi connectivity index (χ1n) is 6.71. The highest BCUT2D eigenvalue weighted by molar-refractivity contribution is 9.10. The van der Waals surface area contributed by atoms with Gasteiger partial charge in [-0.25, -0.2) is 0 Å². The van der Waals surface area contributed by atoms with Crippen LogP contribution in [0.15, 0.2) is 34.9 Å². The molecule has 0 fully saturated rings. The van der Waals surface area contributed by atoms with Gasteiger partial charge in [0.15, 0.2) is 0 Å². The molecule has 0 spiro atoms. The van der Waals surface area contributed by atoms with E-state index in [1.54, 1.807) is 0 Å². The second-order valence-corrected chi connectivity index (χ2v) is 7.57. The molecule has 1 unspecified atom stereocenters. The minimum absolute atomic E-state index is 0.102. The lowest BCUT2D eigenvalue weighted by Crippen LogP contribution is -2.26. The Morgan fingerprint density at radius 3 is 2.80 bits per heavy atom. The summed E-state index contributed by atoms with van der Waals surface area (Å²) >= 11 is 9.79. The zero-order chi connectivity index (χ0) is 14.5. The maximum absolute atomic E-state index is 10.3. The van der Waals surface area contributed by atoms with Gasteiger partial charge in [-0.2, -0.15) is 0 Å². The third-order valence-corrected chi connectivity index (χ3v) is 4.74. The molecule has 106 valence electrons. The van der Waals surface area contributed by atoms with Crippen LogP contribution in [0.4, 0.5) is 0 Å². The Balaban J connectivity index is 2.13. The molecule has 2 aromatic rings. The van der Waals surface area contributed by atoms with Crippen molar-refractivity contribution in [2.75, 3.05) is 0 Å². The summed E-state index contributed by atoms with van der Waals surface area (Å²) in [6.07, 6.45) is 3.37. The lowest BCUT2D eigenvalue weighted by Gasteiger charge is -2.34. The maximum atomic E-state index is 10.3. The van der Waals surface area contributed by atoms with Gasteiger partial charge in [-0.05, 0) is 42.5 Å². The molecule has 3 rings (SSSR count). The summed E-state index contributed by atoms with van der Waals surface area (Å²) in [6.45, 7) is 4.39. The molecule has 1 aliphatic rings. The van der Waals surface area contributed by atoms with E-state index in [1.165, 1.54) is 0 Å². The van der Waals surface area contributed by atoms with Crippen molar-refractivity contribution in [3.63, 3.8) is 0 Å². The average molecular weight is 355 g/mol. The summed E-state index contributed by atoms with van der Waals surface area (Å²) in [4.78, 5) is 0. The fraction of sp³-hybridized carbons (Fsp3) is 0.375. The normalized spacial score (nSPS) is 20.8. The van der Waals surface area contributed by atoms with Crippen LogP contribution < -0.4 is 0 Å². The van der Waals surface area contributed by atoms with E-state index < -0.39 is 0 Å². The first kappa shape index (κ1) is 14.2. The minimum atomic E-state index is -0.385. The van der Waals surface area contributed by atoms with E-state index in [2.05, 4.69) is 34.3 Å². The number of benzene rings is 1. The van der Waals surface area contributed by atoms with Gasteiger partial charge >= 0.3 is 0 Å². The number of halogens is 2. The summed E-state index contributed by atoms with van der Waals surface area (Å²) in [6, 6.07) is 7.89. The van der Waals surface area contributed by atoms with Crippen molar-refractivity contribution in [3.05, 3.63) is 51.2 Å². The molecule has 20 heavy (non-hydrogen) atoms. The lowest BCUT2D eigenvalue weighted by molar-refractivity contribution is 0.0987. The Kier molecular flexibility index (Phi) is 3.47. The topological polar surface area (TPSA) is 25.2 Å². The molecule has 1 aromatic heterocycles. The van der Waals surface area contributed by atoms with Gasteiger partial charge in [-0.15, -0.1) is 0 Å². The van der Waals surface area contributed by atoms with Crippen LogP contribution in [-0.4, -0.2) is 9.67 Å². The third-order valence-electron chi connectivity index (χ3n) is 3.95. The van der Waals surface area contributed by atoms with Gasteiger partial charge in [-0.3, -0.25) is 0 Å². The Hall–Kier alpha value is -0.770. The van der Waals surface area contributed by atoms with Crippen LogP contribution in [0.2, 0.25) is 5.02 Å². The molecule has 0 radical (unpaired) electrons. The van der Waals surface area contributed by atoms with Gasteiger partial charge in [0.05, 0.1) is 16.8 Å². The number of aliphatic hydroxyl groups is 1. The molecule has 4 heteroatoms. The number of rotatable bonds is 1. The van der Waals surface area contributed by atoms with Crippen molar-refractivity contribution in [2.24, 2.45) is 5.41 Å². The molecule has 2 nitrogen and oxygen atoms in total. The second-order valence-electron chi connectivity index (χ2n) is 6.24. The SMILES string of the molecule is CC1(C)Cc2c(ccn2-c2ccc(Br)cc2Cl)C(O)C1. The van der Waals surface area contributed by atoms with Crippen molar-refractivity contribution >= 4 is 27.5 Å². The van der Waals surface area contributed by atoms with Gasteiger partial charge in [-0.1, -0.05) is 41.4 Å². The summed E-state index contributed by atoms with van der Waals surface area (Å²) in [7, 11) is 0. The van der Waals surface area contributed by atoms with Crippen LogP contribution in [0.5, 0.6) is 0 Å². The molecule has 0 aliphatic heterocycles. The quantitative estimate of drug-likeness (QED) is 0.774. The highest BCUT2D eigenvalue weighted by atomic mass is 79.9. The Morgan fingerprint density at radius 1 is 1.35 bits per heavy atom. The van der Waals surface area contributed by atoms with Gasteiger partial charge in [0.25, 0.3) is 0 Å². The lowest BCUT2D eigenvalue weighted by atomic mass is 9.75. The Morgan fingerprint density at radius 2 is 2.10 bits per heavy atom. The van der Waals surface area contributed by atoms with E-state index >= 15 is 0 Å². The van der Waals surface area contributed by atoms with Crippen molar-refractivity contribution in [2.45, 2.75) is 32.8 Å². The Bertz CT molecular complexity index is 662. The maximum Gasteiger partial charge on any atom is 0.0812 e. The molecule has 1 heterocycles. The van der Waals surface area contributed by atoms with E-state index in [9.17, 15) is 5.11 Å². The van der Waals surface area contributed by atoms with E-state index in [1.807, 2.05) is 30.5 Å². The van der Waals surface area contributed by atoms with Crippen molar-refractivity contribution in [3.8, 4) is 5.69 Å². The fourth-order valence-electron chi connectivity index (χ4n) is 3.03. The van der Waals surface area contributed by atoms with Crippen LogP contribution >= 0.6 is 27.5 Å². The molecule has 1 N–H and O–H groups in total. The molecule has 0 bridgehead atoms. The van der Waals surface area contributed by atoms with Crippen molar-refractivity contribution in [1.82, 2.24) is 4.57 Å². The zero-order valence-corrected chi connectivity index (χ0v) is 13.9. The van der Waals surface area contributed by atoms with E-state index in [4.69, 9.17) is 11.6 Å². The smallest absolute Gasteiger partial charge is 0.0812 e. The van der Waals surface area contributed by atoms with E-state index in [-0.39, 0.29) is 11.5 Å². The van der Waals surface area contributed by atoms with E-state index in [0.29, 0.717) is 5.02 Å². The van der Waals surface area contributed by atoms with Gasteiger partial charge in [0, 0.05) is 21.9 Å². The molecular formula is C16H17BrClNO. The van der Waals surface area contributed by atoms with Gasteiger partial charge in [0.1, 0.15) is 0 Å². The summed E-state index contributed by atoms with van der Waals surface area (Å²) in [5.74, 6) is 0. The first-order valence-corrected chi connectivity index (χ1v) is 7.88. The number of aromatic nitrogens is 1. The van der Waals surface area contributed by atoms with Gasteiger partial charge < -0.3 is 9.67 Å². The largest absolute Gasteiger partial charge is 0.388 e. The highest BCUT2D eigenvalue weighted by Crippen LogP contribution is 2.42. The highest BCUT2D eigenvalue weighted by Gasteiger charge is 2.33. The zero-order valence-electron chi connectivity index (χ0n) is 11.5. The predicted molar refractivity (Wildman–Crippen MR) is 85.5 cm³/mol. The number of hydrogen-bond donors (Lipinski definition) is 1. The summed E-state index contributed by atoms with van der Waals surface area (Å²) < 4.78 is 3.07. The van der Waals surface area contributed by atoms with Crippen LogP contribution in [-0.2, 0) is 6.42 Å². The second kappa shape index (κ2) is 4.90.